The van der Waals surface area contributed by atoms with E-state index in [4.69, 9.17) is 16.2 Å². The third-order valence-corrected chi connectivity index (χ3v) is 2.72. The van der Waals surface area contributed by atoms with Gasteiger partial charge in [0, 0.05) is 20.7 Å². The smallest absolute Gasteiger partial charge is 0.250 e. The molecule has 1 aromatic carbocycles. The third-order valence-electron chi connectivity index (χ3n) is 2.72. The summed E-state index contributed by atoms with van der Waals surface area (Å²) < 4.78 is 4.84. The molecule has 0 radical (unpaired) electrons. The minimum atomic E-state index is -0.584. The van der Waals surface area contributed by atoms with Crippen molar-refractivity contribution in [1.29, 1.82) is 0 Å². The second kappa shape index (κ2) is 7.34. The number of primary amides is 1. The number of ether oxygens (including phenoxy) is 1. The van der Waals surface area contributed by atoms with Crippen LogP contribution in [0.2, 0.25) is 0 Å². The van der Waals surface area contributed by atoms with Crippen molar-refractivity contribution in [2.75, 3.05) is 44.5 Å². The van der Waals surface area contributed by atoms with Crippen molar-refractivity contribution in [3.63, 3.8) is 0 Å². The number of nitrogens with one attached hydrogen (secondary N) is 1. The lowest BCUT2D eigenvalue weighted by Gasteiger charge is -2.22. The average Bonchev–Trinajstić information content (AvgIpc) is 2.38. The van der Waals surface area contributed by atoms with Crippen molar-refractivity contribution in [3.05, 3.63) is 23.8 Å². The highest BCUT2D eigenvalue weighted by atomic mass is 16.5. The van der Waals surface area contributed by atoms with E-state index in [1.54, 1.807) is 37.3 Å². The molecule has 7 heteroatoms. The van der Waals surface area contributed by atoms with Gasteiger partial charge in [0.2, 0.25) is 5.91 Å². The Hall–Kier alpha value is -2.28. The number of likely N-dealkylation sites (N-methyl/N-ethyl adjacent to an activating group) is 1. The average molecular weight is 280 g/mol. The van der Waals surface area contributed by atoms with E-state index in [0.29, 0.717) is 24.5 Å². The van der Waals surface area contributed by atoms with Gasteiger partial charge in [0.25, 0.3) is 5.91 Å². The lowest BCUT2D eigenvalue weighted by atomic mass is 10.1. The maximum atomic E-state index is 11.7. The molecule has 0 atom stereocenters. The fraction of sp³-hybridized carbons (Fsp3) is 0.385. The molecule has 1 rings (SSSR count). The monoisotopic (exact) mass is 280 g/mol. The first-order valence-electron chi connectivity index (χ1n) is 6.12. The fourth-order valence-electron chi connectivity index (χ4n) is 1.83. The summed E-state index contributed by atoms with van der Waals surface area (Å²) in [5.74, 6) is -0.776. The van der Waals surface area contributed by atoms with Gasteiger partial charge in [-0.25, -0.2) is 0 Å². The molecule has 0 saturated heterocycles. The van der Waals surface area contributed by atoms with Crippen molar-refractivity contribution < 1.29 is 14.3 Å². The van der Waals surface area contributed by atoms with E-state index in [2.05, 4.69) is 5.32 Å². The van der Waals surface area contributed by atoms with Crippen molar-refractivity contribution in [2.24, 2.45) is 5.73 Å². The summed E-state index contributed by atoms with van der Waals surface area (Å²) in [6, 6.07) is 4.87. The summed E-state index contributed by atoms with van der Waals surface area (Å²) in [4.78, 5) is 24.7. The summed E-state index contributed by atoms with van der Waals surface area (Å²) >= 11 is 0. The van der Waals surface area contributed by atoms with Crippen LogP contribution in [-0.4, -0.2) is 45.7 Å². The summed E-state index contributed by atoms with van der Waals surface area (Å²) in [5, 5.41) is 2.69. The number of anilines is 2. The molecule has 0 saturated carbocycles. The molecule has 0 bridgehead atoms. The predicted molar refractivity (Wildman–Crippen MR) is 77.5 cm³/mol. The number of hydrogen-bond acceptors (Lipinski definition) is 5. The topological polar surface area (TPSA) is 111 Å². The van der Waals surface area contributed by atoms with Crippen LogP contribution in [0.3, 0.4) is 0 Å². The number of nitrogens with zero attached hydrogens (tertiary/aromatic N) is 1. The number of rotatable bonds is 7. The summed E-state index contributed by atoms with van der Waals surface area (Å²) in [6.45, 7) is 0.934. The number of amides is 2. The Labute approximate surface area is 117 Å². The van der Waals surface area contributed by atoms with E-state index in [-0.39, 0.29) is 18.0 Å². The van der Waals surface area contributed by atoms with Crippen molar-refractivity contribution >= 4 is 23.2 Å². The van der Waals surface area contributed by atoms with Crippen molar-refractivity contribution in [1.82, 2.24) is 5.32 Å². The highest BCUT2D eigenvalue weighted by Crippen LogP contribution is 2.26. The number of nitrogens with two attached hydrogens (primary N) is 2. The second-order valence-electron chi connectivity index (χ2n) is 4.31. The second-order valence-corrected chi connectivity index (χ2v) is 4.31. The molecule has 0 aliphatic heterocycles. The van der Waals surface area contributed by atoms with Gasteiger partial charge in [0.15, 0.2) is 0 Å². The lowest BCUT2D eigenvalue weighted by molar-refractivity contribution is -0.119. The molecule has 0 aliphatic carbocycles. The van der Waals surface area contributed by atoms with Crippen LogP contribution in [0.5, 0.6) is 0 Å². The molecule has 110 valence electrons. The first-order valence-corrected chi connectivity index (χ1v) is 6.12. The zero-order chi connectivity index (χ0) is 15.1. The van der Waals surface area contributed by atoms with E-state index >= 15 is 0 Å². The van der Waals surface area contributed by atoms with Gasteiger partial charge in [-0.1, -0.05) is 6.07 Å². The van der Waals surface area contributed by atoms with Crippen LogP contribution in [-0.2, 0) is 9.53 Å². The Morgan fingerprint density at radius 1 is 1.40 bits per heavy atom. The van der Waals surface area contributed by atoms with Gasteiger partial charge in [-0.05, 0) is 12.1 Å². The van der Waals surface area contributed by atoms with Crippen LogP contribution < -0.4 is 21.7 Å². The number of benzene rings is 1. The van der Waals surface area contributed by atoms with E-state index in [1.807, 2.05) is 0 Å². The predicted octanol–water partition coefficient (Wildman–Crippen LogP) is -0.433. The van der Waals surface area contributed by atoms with Crippen LogP contribution in [0.1, 0.15) is 10.4 Å². The minimum Gasteiger partial charge on any atom is -0.397 e. The van der Waals surface area contributed by atoms with Crippen LogP contribution >= 0.6 is 0 Å². The number of carbonyl (C=O) groups is 2. The highest BCUT2D eigenvalue weighted by Gasteiger charge is 2.16. The standard InChI is InChI=1S/C13H20N4O3/c1-17(8-11(18)16-6-7-20-2)12-9(13(15)19)4-3-5-10(12)14/h3-5H,6-8,14H2,1-2H3,(H2,15,19)(H,16,18). The van der Waals surface area contributed by atoms with Gasteiger partial charge in [0.05, 0.1) is 30.1 Å². The van der Waals surface area contributed by atoms with E-state index in [1.165, 1.54) is 0 Å². The normalized spacial score (nSPS) is 10.1. The Morgan fingerprint density at radius 3 is 2.70 bits per heavy atom. The first-order chi connectivity index (χ1) is 9.47. The van der Waals surface area contributed by atoms with E-state index < -0.39 is 5.91 Å². The molecular weight excluding hydrogens is 260 g/mol. The maximum absolute atomic E-state index is 11.7. The largest absolute Gasteiger partial charge is 0.397 e. The number of nitrogen functional groups attached to an aromatic ring is 1. The van der Waals surface area contributed by atoms with Gasteiger partial charge >= 0.3 is 0 Å². The van der Waals surface area contributed by atoms with E-state index in [9.17, 15) is 9.59 Å². The highest BCUT2D eigenvalue weighted by molar-refractivity contribution is 6.02. The molecular formula is C13H20N4O3. The molecule has 5 N–H and O–H groups in total. The van der Waals surface area contributed by atoms with Gasteiger partial charge < -0.3 is 26.4 Å². The Kier molecular flexibility index (Phi) is 5.79. The van der Waals surface area contributed by atoms with Crippen LogP contribution in [0.15, 0.2) is 18.2 Å². The van der Waals surface area contributed by atoms with Crippen LogP contribution in [0, 0.1) is 0 Å². The molecule has 0 aliphatic rings. The maximum Gasteiger partial charge on any atom is 0.250 e. The number of hydrogen-bond donors (Lipinski definition) is 3. The first kappa shape index (κ1) is 15.8. The van der Waals surface area contributed by atoms with Crippen molar-refractivity contribution in [2.45, 2.75) is 0 Å². The zero-order valence-electron chi connectivity index (χ0n) is 11.7. The summed E-state index contributed by atoms with van der Waals surface area (Å²) in [7, 11) is 3.23. The molecule has 1 aromatic rings. The zero-order valence-corrected chi connectivity index (χ0v) is 11.7. The SMILES string of the molecule is COCCNC(=O)CN(C)c1c(N)cccc1C(N)=O. The minimum absolute atomic E-state index is 0.0677. The Bertz CT molecular complexity index is 491. The molecule has 2 amide bonds. The molecule has 20 heavy (non-hydrogen) atoms. The van der Waals surface area contributed by atoms with Gasteiger partial charge in [0.1, 0.15) is 0 Å². The molecule has 0 spiro atoms. The summed E-state index contributed by atoms with van der Waals surface area (Å²) in [6.07, 6.45) is 0. The van der Waals surface area contributed by atoms with E-state index in [0.717, 1.165) is 0 Å². The lowest BCUT2D eigenvalue weighted by Crippen LogP contribution is -2.37. The molecule has 0 heterocycles. The van der Waals surface area contributed by atoms with Crippen molar-refractivity contribution in [3.8, 4) is 0 Å². The fourth-order valence-corrected chi connectivity index (χ4v) is 1.83. The number of carbonyl (C=O) groups excluding carboxylic acids is 2. The number of methoxy groups -OCH3 is 1. The van der Waals surface area contributed by atoms with Gasteiger partial charge in [-0.3, -0.25) is 9.59 Å². The Balaban J connectivity index is 2.79. The summed E-state index contributed by atoms with van der Waals surface area (Å²) in [5.41, 5.74) is 12.3. The molecule has 0 fully saturated rings. The van der Waals surface area contributed by atoms with Gasteiger partial charge in [-0.2, -0.15) is 0 Å². The third kappa shape index (κ3) is 4.13. The van der Waals surface area contributed by atoms with Crippen LogP contribution in [0.25, 0.3) is 0 Å². The number of para-hydroxylation sites is 1. The Morgan fingerprint density at radius 2 is 2.10 bits per heavy atom. The van der Waals surface area contributed by atoms with Crippen LogP contribution in [0.4, 0.5) is 11.4 Å². The molecule has 7 nitrogen and oxygen atoms in total. The molecule has 0 unspecified atom stereocenters. The van der Waals surface area contributed by atoms with Gasteiger partial charge in [-0.15, -0.1) is 0 Å². The quantitative estimate of drug-likeness (QED) is 0.463. The molecule has 0 aromatic heterocycles.